The number of carboxylic acid groups (broad SMARTS) is 1. The van der Waals surface area contributed by atoms with Gasteiger partial charge in [-0.1, -0.05) is 12.1 Å². The Hall–Kier alpha value is -2.23. The predicted molar refractivity (Wildman–Crippen MR) is 71.0 cm³/mol. The molecule has 0 aliphatic rings. The molecule has 0 atom stereocenters. The molecule has 1 aromatic heterocycles. The van der Waals surface area contributed by atoms with Crippen LogP contribution in [0, 0.1) is 13.8 Å². The summed E-state index contributed by atoms with van der Waals surface area (Å²) in [5.74, 6) is -0.308. The van der Waals surface area contributed by atoms with E-state index in [1.807, 2.05) is 26.0 Å². The highest BCUT2D eigenvalue weighted by Gasteiger charge is 2.11. The van der Waals surface area contributed by atoms with Crippen LogP contribution in [0.25, 0.3) is 17.0 Å². The second-order valence-corrected chi connectivity index (χ2v) is 4.16. The van der Waals surface area contributed by atoms with Gasteiger partial charge in [0, 0.05) is 22.7 Å². The zero-order valence-corrected chi connectivity index (χ0v) is 10.6. The minimum atomic E-state index is -0.976. The van der Waals surface area contributed by atoms with Gasteiger partial charge < -0.3 is 14.8 Å². The van der Waals surface area contributed by atoms with Gasteiger partial charge in [0.05, 0.1) is 12.6 Å². The van der Waals surface area contributed by atoms with Crippen LogP contribution in [0.3, 0.4) is 0 Å². The van der Waals surface area contributed by atoms with E-state index in [9.17, 15) is 4.79 Å². The summed E-state index contributed by atoms with van der Waals surface area (Å²) in [5.41, 5.74) is 3.91. The molecule has 1 heterocycles. The number of carbonyl (C=O) groups is 1. The summed E-state index contributed by atoms with van der Waals surface area (Å²) in [4.78, 5) is 13.8. The number of benzene rings is 1. The van der Waals surface area contributed by atoms with E-state index in [0.717, 1.165) is 28.2 Å². The Labute approximate surface area is 105 Å². The second-order valence-electron chi connectivity index (χ2n) is 4.16. The van der Waals surface area contributed by atoms with Gasteiger partial charge in [0.15, 0.2) is 0 Å². The van der Waals surface area contributed by atoms with Crippen molar-refractivity contribution in [1.82, 2.24) is 4.98 Å². The molecule has 4 nitrogen and oxygen atoms in total. The number of aliphatic carboxylic acids is 1. The van der Waals surface area contributed by atoms with Crippen molar-refractivity contribution in [3.63, 3.8) is 0 Å². The molecular formula is C14H15NO3. The number of carboxylic acids is 1. The number of aromatic nitrogens is 1. The van der Waals surface area contributed by atoms with Crippen molar-refractivity contribution < 1.29 is 14.6 Å². The average molecular weight is 245 g/mol. The third-order valence-corrected chi connectivity index (χ3v) is 3.08. The van der Waals surface area contributed by atoms with E-state index in [4.69, 9.17) is 9.84 Å². The van der Waals surface area contributed by atoms with Gasteiger partial charge in [-0.15, -0.1) is 0 Å². The summed E-state index contributed by atoms with van der Waals surface area (Å²) in [6.45, 7) is 4.04. The highest BCUT2D eigenvalue weighted by Crippen LogP contribution is 2.33. The number of aromatic amines is 1. The minimum absolute atomic E-state index is 0.668. The lowest BCUT2D eigenvalue weighted by Gasteiger charge is -2.06. The van der Waals surface area contributed by atoms with Crippen molar-refractivity contribution in [2.45, 2.75) is 13.8 Å². The molecule has 0 saturated heterocycles. The lowest BCUT2D eigenvalue weighted by molar-refractivity contribution is -0.131. The number of rotatable bonds is 3. The van der Waals surface area contributed by atoms with Crippen LogP contribution in [-0.2, 0) is 4.79 Å². The average Bonchev–Trinajstić information content (AvgIpc) is 2.62. The minimum Gasteiger partial charge on any atom is -0.494 e. The lowest BCUT2D eigenvalue weighted by Crippen LogP contribution is -1.90. The lowest BCUT2D eigenvalue weighted by atomic mass is 10.1. The van der Waals surface area contributed by atoms with Crippen LogP contribution in [0.2, 0.25) is 0 Å². The Morgan fingerprint density at radius 1 is 1.39 bits per heavy atom. The fourth-order valence-corrected chi connectivity index (χ4v) is 2.03. The normalized spacial score (nSPS) is 11.3. The molecule has 0 saturated carbocycles. The number of fused-ring (bicyclic) bond motifs is 1. The second kappa shape index (κ2) is 4.56. The molecule has 0 fully saturated rings. The van der Waals surface area contributed by atoms with E-state index in [-0.39, 0.29) is 0 Å². The molecule has 18 heavy (non-hydrogen) atoms. The first kappa shape index (κ1) is 12.2. The molecule has 2 N–H and O–H groups in total. The molecule has 0 radical (unpaired) electrons. The third-order valence-electron chi connectivity index (χ3n) is 3.08. The van der Waals surface area contributed by atoms with E-state index in [2.05, 4.69) is 4.98 Å². The molecule has 0 bridgehead atoms. The monoisotopic (exact) mass is 245 g/mol. The van der Waals surface area contributed by atoms with Crippen LogP contribution in [0.4, 0.5) is 0 Å². The number of aryl methyl sites for hydroxylation is 2. The topological polar surface area (TPSA) is 62.3 Å². The van der Waals surface area contributed by atoms with Crippen LogP contribution in [0.5, 0.6) is 5.75 Å². The molecule has 0 spiro atoms. The zero-order valence-electron chi connectivity index (χ0n) is 10.6. The number of hydrogen-bond acceptors (Lipinski definition) is 2. The number of nitrogens with one attached hydrogen (secondary N) is 1. The smallest absolute Gasteiger partial charge is 0.328 e. The van der Waals surface area contributed by atoms with Gasteiger partial charge in [-0.2, -0.15) is 0 Å². The van der Waals surface area contributed by atoms with Crippen molar-refractivity contribution >= 4 is 22.9 Å². The molecular weight excluding hydrogens is 230 g/mol. The summed E-state index contributed by atoms with van der Waals surface area (Å²) < 4.78 is 5.38. The van der Waals surface area contributed by atoms with E-state index >= 15 is 0 Å². The fourth-order valence-electron chi connectivity index (χ4n) is 2.03. The fraction of sp³-hybridized carbons (Fsp3) is 0.214. The van der Waals surface area contributed by atoms with Gasteiger partial charge in [-0.25, -0.2) is 4.79 Å². The first-order valence-electron chi connectivity index (χ1n) is 5.61. The molecule has 2 aromatic rings. The van der Waals surface area contributed by atoms with Crippen molar-refractivity contribution in [3.05, 3.63) is 35.0 Å². The molecule has 4 heteroatoms. The molecule has 2 rings (SSSR count). The SMILES string of the molecule is COc1c(C=CC(=O)O)ccc2c(C)c(C)[nH]c12. The Kier molecular flexibility index (Phi) is 3.10. The molecule has 94 valence electrons. The first-order valence-corrected chi connectivity index (χ1v) is 5.61. The number of ether oxygens (including phenoxy) is 1. The third kappa shape index (κ3) is 1.97. The van der Waals surface area contributed by atoms with Gasteiger partial charge in [-0.3, -0.25) is 0 Å². The van der Waals surface area contributed by atoms with Crippen molar-refractivity contribution in [1.29, 1.82) is 0 Å². The number of H-pyrrole nitrogens is 1. The summed E-state index contributed by atoms with van der Waals surface area (Å²) in [6.07, 6.45) is 2.64. The van der Waals surface area contributed by atoms with Gasteiger partial charge in [0.1, 0.15) is 5.75 Å². The first-order chi connectivity index (χ1) is 8.54. The van der Waals surface area contributed by atoms with Crippen LogP contribution >= 0.6 is 0 Å². The summed E-state index contributed by atoms with van der Waals surface area (Å²) >= 11 is 0. The molecule has 0 aliphatic heterocycles. The maximum atomic E-state index is 10.6. The summed E-state index contributed by atoms with van der Waals surface area (Å²) in [5, 5.41) is 9.76. The number of methoxy groups -OCH3 is 1. The Morgan fingerprint density at radius 3 is 2.72 bits per heavy atom. The zero-order chi connectivity index (χ0) is 13.3. The largest absolute Gasteiger partial charge is 0.494 e. The molecule has 0 unspecified atom stereocenters. The van der Waals surface area contributed by atoms with Gasteiger partial charge in [0.25, 0.3) is 0 Å². The Morgan fingerprint density at radius 2 is 2.11 bits per heavy atom. The van der Waals surface area contributed by atoms with Crippen LogP contribution in [0.1, 0.15) is 16.8 Å². The van der Waals surface area contributed by atoms with E-state index in [1.54, 1.807) is 7.11 Å². The van der Waals surface area contributed by atoms with Gasteiger partial charge in [-0.05, 0) is 25.5 Å². The Balaban J connectivity index is 2.66. The highest BCUT2D eigenvalue weighted by atomic mass is 16.5. The summed E-state index contributed by atoms with van der Waals surface area (Å²) in [7, 11) is 1.58. The number of hydrogen-bond donors (Lipinski definition) is 2. The predicted octanol–water partition coefficient (Wildman–Crippen LogP) is 2.89. The van der Waals surface area contributed by atoms with Gasteiger partial charge >= 0.3 is 5.97 Å². The van der Waals surface area contributed by atoms with Crippen molar-refractivity contribution in [3.8, 4) is 5.75 Å². The van der Waals surface area contributed by atoms with E-state index < -0.39 is 5.97 Å². The molecule has 0 amide bonds. The van der Waals surface area contributed by atoms with Crippen molar-refractivity contribution in [2.24, 2.45) is 0 Å². The molecule has 0 aliphatic carbocycles. The van der Waals surface area contributed by atoms with Crippen LogP contribution in [-0.4, -0.2) is 23.2 Å². The van der Waals surface area contributed by atoms with Crippen molar-refractivity contribution in [2.75, 3.05) is 7.11 Å². The van der Waals surface area contributed by atoms with E-state index in [0.29, 0.717) is 5.75 Å². The maximum absolute atomic E-state index is 10.6. The quantitative estimate of drug-likeness (QED) is 0.817. The van der Waals surface area contributed by atoms with Gasteiger partial charge in [0.2, 0.25) is 0 Å². The van der Waals surface area contributed by atoms with Crippen LogP contribution < -0.4 is 4.74 Å². The summed E-state index contributed by atoms with van der Waals surface area (Å²) in [6, 6.07) is 3.83. The van der Waals surface area contributed by atoms with E-state index in [1.165, 1.54) is 11.6 Å². The molecule has 1 aromatic carbocycles. The maximum Gasteiger partial charge on any atom is 0.328 e. The Bertz CT molecular complexity index is 638. The highest BCUT2D eigenvalue weighted by molar-refractivity contribution is 5.94. The standard InChI is InChI=1S/C14H15NO3/c1-8-9(2)15-13-11(8)6-4-10(14(13)18-3)5-7-12(16)17/h4-7,15H,1-3H3,(H,16,17). The van der Waals surface area contributed by atoms with Crippen LogP contribution in [0.15, 0.2) is 18.2 Å².